The summed E-state index contributed by atoms with van der Waals surface area (Å²) in [5, 5.41) is 13.4. The molecule has 0 aliphatic carbocycles. The number of anilines is 1. The van der Waals surface area contributed by atoms with Gasteiger partial charge in [0.2, 0.25) is 0 Å². The molecule has 0 atom stereocenters. The highest BCUT2D eigenvalue weighted by Crippen LogP contribution is 2.33. The fourth-order valence-corrected chi connectivity index (χ4v) is 3.07. The lowest BCUT2D eigenvalue weighted by Crippen LogP contribution is -2.16. The molecule has 0 radical (unpaired) electrons. The van der Waals surface area contributed by atoms with Gasteiger partial charge in [-0.25, -0.2) is 9.59 Å². The Morgan fingerprint density at radius 2 is 1.64 bits per heavy atom. The third kappa shape index (κ3) is 3.80. The number of amides is 1. The Labute approximate surface area is 152 Å². The van der Waals surface area contributed by atoms with Crippen molar-refractivity contribution in [3.63, 3.8) is 0 Å². The molecule has 0 unspecified atom stereocenters. The molecular weight excluding hydrogens is 386 g/mol. The minimum atomic E-state index is -1.13. The predicted molar refractivity (Wildman–Crippen MR) is 98.9 cm³/mol. The molecule has 3 rings (SSSR count). The van der Waals surface area contributed by atoms with Crippen LogP contribution in [0.4, 0.5) is 10.5 Å². The number of ether oxygens (including phenoxy) is 1. The van der Waals surface area contributed by atoms with Crippen LogP contribution in [0.1, 0.15) is 15.9 Å². The number of carbonyl (C=O) groups is 2. The van der Waals surface area contributed by atoms with Crippen LogP contribution in [-0.2, 0) is 11.3 Å². The fourth-order valence-electron chi connectivity index (χ4n) is 2.50. The molecule has 5 nitrogen and oxygen atoms in total. The SMILES string of the molecule is O=C(Nc1c(C(=O)O)cc(Br)c2ccccc12)OCc1ccccc1. The molecule has 6 heteroatoms. The Hall–Kier alpha value is -2.86. The predicted octanol–water partition coefficient (Wildman–Crippen LogP) is 5.05. The first kappa shape index (κ1) is 17.0. The van der Waals surface area contributed by atoms with Crippen LogP contribution in [-0.4, -0.2) is 17.2 Å². The largest absolute Gasteiger partial charge is 0.478 e. The van der Waals surface area contributed by atoms with E-state index < -0.39 is 12.1 Å². The van der Waals surface area contributed by atoms with Gasteiger partial charge in [-0.05, 0) is 17.0 Å². The van der Waals surface area contributed by atoms with Gasteiger partial charge in [-0.2, -0.15) is 0 Å². The summed E-state index contributed by atoms with van der Waals surface area (Å²) in [6, 6.07) is 17.9. The summed E-state index contributed by atoms with van der Waals surface area (Å²) in [7, 11) is 0. The quantitative estimate of drug-likeness (QED) is 0.643. The van der Waals surface area contributed by atoms with Gasteiger partial charge in [-0.15, -0.1) is 0 Å². The van der Waals surface area contributed by atoms with E-state index in [0.717, 1.165) is 10.9 Å². The maximum absolute atomic E-state index is 12.2. The summed E-state index contributed by atoms with van der Waals surface area (Å²) in [6.45, 7) is 0.101. The van der Waals surface area contributed by atoms with Gasteiger partial charge in [0.1, 0.15) is 6.61 Å². The molecule has 25 heavy (non-hydrogen) atoms. The molecule has 0 saturated heterocycles. The molecule has 0 aliphatic heterocycles. The highest BCUT2D eigenvalue weighted by molar-refractivity contribution is 9.10. The smallest absolute Gasteiger partial charge is 0.411 e. The third-order valence-electron chi connectivity index (χ3n) is 3.66. The van der Waals surface area contributed by atoms with Crippen molar-refractivity contribution in [3.8, 4) is 0 Å². The van der Waals surface area contributed by atoms with Crippen LogP contribution in [0, 0.1) is 0 Å². The summed E-state index contributed by atoms with van der Waals surface area (Å²) in [5.41, 5.74) is 1.04. The molecular formula is C19H14BrNO4. The van der Waals surface area contributed by atoms with Crippen LogP contribution in [0.5, 0.6) is 0 Å². The topological polar surface area (TPSA) is 75.6 Å². The molecule has 0 spiro atoms. The minimum Gasteiger partial charge on any atom is -0.478 e. The van der Waals surface area contributed by atoms with Gasteiger partial charge in [0.15, 0.2) is 0 Å². The molecule has 0 fully saturated rings. The standard InChI is InChI=1S/C19H14BrNO4/c20-16-10-15(18(22)23)17(14-9-5-4-8-13(14)16)21-19(24)25-11-12-6-2-1-3-7-12/h1-10H,11H2,(H,21,24)(H,22,23). The second-order valence-electron chi connectivity index (χ2n) is 5.32. The summed E-state index contributed by atoms with van der Waals surface area (Å²) < 4.78 is 5.83. The first-order chi connectivity index (χ1) is 12.1. The van der Waals surface area contributed by atoms with Crippen molar-refractivity contribution >= 4 is 44.5 Å². The van der Waals surface area contributed by atoms with Crippen LogP contribution < -0.4 is 5.32 Å². The Bertz CT molecular complexity index is 941. The molecule has 1 amide bonds. The average molecular weight is 400 g/mol. The Balaban J connectivity index is 1.89. The second-order valence-corrected chi connectivity index (χ2v) is 6.17. The van der Waals surface area contributed by atoms with E-state index in [4.69, 9.17) is 4.74 Å². The number of halogens is 1. The number of fused-ring (bicyclic) bond motifs is 1. The number of hydrogen-bond acceptors (Lipinski definition) is 3. The lowest BCUT2D eigenvalue weighted by Gasteiger charge is -2.13. The number of benzene rings is 3. The summed E-state index contributed by atoms with van der Waals surface area (Å²) in [4.78, 5) is 23.7. The number of aromatic carboxylic acids is 1. The lowest BCUT2D eigenvalue weighted by molar-refractivity contribution is 0.0698. The van der Waals surface area contributed by atoms with Crippen molar-refractivity contribution in [2.24, 2.45) is 0 Å². The monoisotopic (exact) mass is 399 g/mol. The highest BCUT2D eigenvalue weighted by Gasteiger charge is 2.18. The minimum absolute atomic E-state index is 0.0118. The molecule has 0 aromatic heterocycles. The molecule has 0 heterocycles. The number of carbonyl (C=O) groups excluding carboxylic acids is 1. The van der Waals surface area contributed by atoms with Gasteiger partial charge >= 0.3 is 12.1 Å². The van der Waals surface area contributed by atoms with Gasteiger partial charge in [-0.3, -0.25) is 5.32 Å². The van der Waals surface area contributed by atoms with E-state index in [1.54, 1.807) is 12.1 Å². The second kappa shape index (κ2) is 7.36. The maximum Gasteiger partial charge on any atom is 0.411 e. The van der Waals surface area contributed by atoms with Crippen molar-refractivity contribution in [1.29, 1.82) is 0 Å². The van der Waals surface area contributed by atoms with Crippen molar-refractivity contribution in [3.05, 3.63) is 76.3 Å². The first-order valence-electron chi connectivity index (χ1n) is 7.48. The summed E-state index contributed by atoms with van der Waals surface area (Å²) in [5.74, 6) is -1.13. The molecule has 0 saturated carbocycles. The van der Waals surface area contributed by atoms with Crippen LogP contribution >= 0.6 is 15.9 Å². The molecule has 0 bridgehead atoms. The molecule has 2 N–H and O–H groups in total. The molecule has 3 aromatic rings. The Morgan fingerprint density at radius 3 is 2.32 bits per heavy atom. The number of carboxylic acid groups (broad SMARTS) is 1. The van der Waals surface area contributed by atoms with E-state index in [9.17, 15) is 14.7 Å². The van der Waals surface area contributed by atoms with E-state index in [1.807, 2.05) is 42.5 Å². The van der Waals surface area contributed by atoms with Gasteiger partial charge in [0.05, 0.1) is 11.3 Å². The molecule has 3 aromatic carbocycles. The lowest BCUT2D eigenvalue weighted by atomic mass is 10.0. The van der Waals surface area contributed by atoms with Gasteiger partial charge < -0.3 is 9.84 Å². The average Bonchev–Trinajstić information content (AvgIpc) is 2.63. The van der Waals surface area contributed by atoms with E-state index in [2.05, 4.69) is 21.2 Å². The zero-order valence-electron chi connectivity index (χ0n) is 13.0. The van der Waals surface area contributed by atoms with Crippen LogP contribution in [0.25, 0.3) is 10.8 Å². The molecule has 126 valence electrons. The highest BCUT2D eigenvalue weighted by atomic mass is 79.9. The van der Waals surface area contributed by atoms with Crippen molar-refractivity contribution < 1.29 is 19.4 Å². The van der Waals surface area contributed by atoms with Gasteiger partial charge in [0.25, 0.3) is 0 Å². The fraction of sp³-hybridized carbons (Fsp3) is 0.0526. The zero-order chi connectivity index (χ0) is 17.8. The number of rotatable bonds is 4. The number of hydrogen-bond donors (Lipinski definition) is 2. The van der Waals surface area contributed by atoms with Crippen LogP contribution in [0.3, 0.4) is 0 Å². The van der Waals surface area contributed by atoms with Gasteiger partial charge in [0, 0.05) is 9.86 Å². The molecule has 0 aliphatic rings. The van der Waals surface area contributed by atoms with E-state index in [0.29, 0.717) is 9.86 Å². The third-order valence-corrected chi connectivity index (χ3v) is 4.32. The van der Waals surface area contributed by atoms with E-state index >= 15 is 0 Å². The number of nitrogens with one attached hydrogen (secondary N) is 1. The zero-order valence-corrected chi connectivity index (χ0v) is 14.6. The Kier molecular flexibility index (Phi) is 5.00. The van der Waals surface area contributed by atoms with Crippen molar-refractivity contribution in [2.45, 2.75) is 6.61 Å². The number of carboxylic acids is 1. The normalized spacial score (nSPS) is 10.4. The Morgan fingerprint density at radius 1 is 1.00 bits per heavy atom. The first-order valence-corrected chi connectivity index (χ1v) is 8.28. The summed E-state index contributed by atoms with van der Waals surface area (Å²) >= 11 is 3.37. The maximum atomic E-state index is 12.2. The van der Waals surface area contributed by atoms with Crippen LogP contribution in [0.15, 0.2) is 65.1 Å². The van der Waals surface area contributed by atoms with E-state index in [1.165, 1.54) is 6.07 Å². The van der Waals surface area contributed by atoms with E-state index in [-0.39, 0.29) is 17.9 Å². The van der Waals surface area contributed by atoms with Crippen LogP contribution in [0.2, 0.25) is 0 Å². The van der Waals surface area contributed by atoms with Gasteiger partial charge in [-0.1, -0.05) is 70.5 Å². The van der Waals surface area contributed by atoms with Crippen molar-refractivity contribution in [2.75, 3.05) is 5.32 Å². The van der Waals surface area contributed by atoms with Crippen molar-refractivity contribution in [1.82, 2.24) is 0 Å². The summed E-state index contributed by atoms with van der Waals surface area (Å²) in [6.07, 6.45) is -0.709.